The topological polar surface area (TPSA) is 145 Å². The zero-order valence-electron chi connectivity index (χ0n) is 15.8. The number of sulfonamides is 1. The molecule has 0 heterocycles. The molecule has 0 saturated heterocycles. The van der Waals surface area contributed by atoms with Crippen molar-refractivity contribution in [1.29, 1.82) is 0 Å². The Labute approximate surface area is 166 Å². The molecule has 0 aromatic heterocycles. The number of hydrogen-bond donors (Lipinski definition) is 3. The summed E-state index contributed by atoms with van der Waals surface area (Å²) in [6.07, 6.45) is -0.475. The molecule has 0 spiro atoms. The highest BCUT2D eigenvalue weighted by Crippen LogP contribution is 2.35. The van der Waals surface area contributed by atoms with Gasteiger partial charge in [0.25, 0.3) is 9.84 Å². The summed E-state index contributed by atoms with van der Waals surface area (Å²) in [6, 6.07) is 2.10. The number of hydrogen-bond acceptors (Lipinski definition) is 7. The molecule has 1 aromatic rings. The van der Waals surface area contributed by atoms with Gasteiger partial charge in [-0.1, -0.05) is 0 Å². The largest absolute Gasteiger partial charge is 0.501 e. The van der Waals surface area contributed by atoms with Gasteiger partial charge in [-0.3, -0.25) is 0 Å². The van der Waals surface area contributed by atoms with Crippen LogP contribution in [0.4, 0.5) is 23.7 Å². The van der Waals surface area contributed by atoms with Crippen LogP contribution in [0.25, 0.3) is 0 Å². The summed E-state index contributed by atoms with van der Waals surface area (Å²) >= 11 is 0. The number of carbonyl (C=O) groups is 1. The number of carbonyl (C=O) groups excluding carboxylic acids is 1. The molecule has 0 aliphatic rings. The summed E-state index contributed by atoms with van der Waals surface area (Å²) in [5, 5.41) is 9.78. The number of rotatable bonds is 7. The molecule has 0 fully saturated rings. The minimum atomic E-state index is -5.84. The first-order valence-corrected chi connectivity index (χ1v) is 11.2. The Kier molecular flexibility index (Phi) is 7.54. The second-order valence-corrected chi connectivity index (χ2v) is 10.3. The van der Waals surface area contributed by atoms with Crippen LogP contribution in [-0.4, -0.2) is 47.1 Å². The van der Waals surface area contributed by atoms with Crippen molar-refractivity contribution in [3.05, 3.63) is 18.2 Å². The normalized spacial score (nSPS) is 13.1. The summed E-state index contributed by atoms with van der Waals surface area (Å²) in [6.45, 7) is 5.08. The number of nitrogens with one attached hydrogen (secondary N) is 2. The molecule has 0 saturated carbocycles. The number of ether oxygens (including phenoxy) is 1. The van der Waals surface area contributed by atoms with Gasteiger partial charge < -0.3 is 15.4 Å². The van der Waals surface area contributed by atoms with Crippen molar-refractivity contribution in [2.45, 2.75) is 48.1 Å². The zero-order valence-corrected chi connectivity index (χ0v) is 17.5. The van der Waals surface area contributed by atoms with Crippen LogP contribution >= 0.6 is 0 Å². The molecule has 1 rings (SSSR count). The lowest BCUT2D eigenvalue weighted by Crippen LogP contribution is -2.33. The van der Waals surface area contributed by atoms with Gasteiger partial charge in [0, 0.05) is 13.1 Å². The Bertz CT molecular complexity index is 954. The molecule has 29 heavy (non-hydrogen) atoms. The third-order valence-electron chi connectivity index (χ3n) is 3.21. The maximum absolute atomic E-state index is 12.9. The van der Waals surface area contributed by atoms with Crippen molar-refractivity contribution in [3.63, 3.8) is 0 Å². The van der Waals surface area contributed by atoms with Gasteiger partial charge in [0.15, 0.2) is 0 Å². The van der Waals surface area contributed by atoms with E-state index in [-0.39, 0.29) is 19.5 Å². The van der Waals surface area contributed by atoms with Crippen LogP contribution in [-0.2, 0) is 24.6 Å². The first-order valence-electron chi connectivity index (χ1n) is 8.14. The van der Waals surface area contributed by atoms with E-state index in [1.807, 2.05) is 0 Å². The number of amides is 1. The monoisotopic (exact) mass is 461 g/mol. The van der Waals surface area contributed by atoms with E-state index in [9.17, 15) is 34.8 Å². The van der Waals surface area contributed by atoms with E-state index in [2.05, 4.69) is 10.6 Å². The quantitative estimate of drug-likeness (QED) is 0.526. The van der Waals surface area contributed by atoms with E-state index in [1.54, 1.807) is 20.8 Å². The van der Waals surface area contributed by atoms with E-state index in [0.29, 0.717) is 6.07 Å². The Balaban J connectivity index is 2.93. The average molecular weight is 461 g/mol. The molecule has 9 nitrogen and oxygen atoms in total. The lowest BCUT2D eigenvalue weighted by atomic mass is 10.2. The van der Waals surface area contributed by atoms with Crippen LogP contribution in [0.5, 0.6) is 0 Å². The number of benzene rings is 1. The van der Waals surface area contributed by atoms with Crippen LogP contribution in [0.3, 0.4) is 0 Å². The third kappa shape index (κ3) is 7.36. The Morgan fingerprint density at radius 2 is 1.69 bits per heavy atom. The number of halogens is 3. The lowest BCUT2D eigenvalue weighted by molar-refractivity contribution is -0.0435. The molecule has 1 aromatic carbocycles. The van der Waals surface area contributed by atoms with E-state index >= 15 is 0 Å². The van der Waals surface area contributed by atoms with Gasteiger partial charge >= 0.3 is 11.6 Å². The molecular weight excluding hydrogens is 439 g/mol. The fourth-order valence-corrected chi connectivity index (χ4v) is 3.56. The van der Waals surface area contributed by atoms with Crippen molar-refractivity contribution in [2.24, 2.45) is 5.14 Å². The molecule has 0 atom stereocenters. The second kappa shape index (κ2) is 8.75. The number of sulfone groups is 1. The fourth-order valence-electron chi connectivity index (χ4n) is 1.99. The van der Waals surface area contributed by atoms with Crippen molar-refractivity contribution in [1.82, 2.24) is 5.32 Å². The summed E-state index contributed by atoms with van der Waals surface area (Å²) in [7, 11) is -10.3. The van der Waals surface area contributed by atoms with E-state index in [4.69, 9.17) is 9.88 Å². The number of nitrogens with two attached hydrogens (primary N) is 1. The highest BCUT2D eigenvalue weighted by molar-refractivity contribution is 7.92. The fraction of sp³-hybridized carbons (Fsp3) is 0.533. The molecule has 0 aliphatic carbocycles. The maximum atomic E-state index is 12.9. The molecule has 0 aliphatic heterocycles. The number of alkyl halides is 3. The Hall–Kier alpha value is -2.06. The molecule has 0 bridgehead atoms. The number of alkyl carbamates (subject to hydrolysis) is 1. The predicted molar refractivity (Wildman–Crippen MR) is 98.4 cm³/mol. The highest BCUT2D eigenvalue weighted by Gasteiger charge is 2.48. The molecule has 0 unspecified atom stereocenters. The first kappa shape index (κ1) is 25.0. The van der Waals surface area contributed by atoms with Crippen LogP contribution < -0.4 is 15.8 Å². The van der Waals surface area contributed by atoms with Gasteiger partial charge in [-0.05, 0) is 45.4 Å². The molecular formula is C15H22F3N3O6S2. The third-order valence-corrected chi connectivity index (χ3v) is 5.65. The maximum Gasteiger partial charge on any atom is 0.501 e. The lowest BCUT2D eigenvalue weighted by Gasteiger charge is -2.19. The average Bonchev–Trinajstić information content (AvgIpc) is 2.50. The van der Waals surface area contributed by atoms with Gasteiger partial charge in [-0.25, -0.2) is 26.8 Å². The molecule has 166 valence electrons. The van der Waals surface area contributed by atoms with Crippen molar-refractivity contribution in [3.8, 4) is 0 Å². The summed E-state index contributed by atoms with van der Waals surface area (Å²) in [4.78, 5) is 9.45. The smallest absolute Gasteiger partial charge is 0.444 e. The van der Waals surface area contributed by atoms with Gasteiger partial charge in [-0.2, -0.15) is 13.2 Å². The van der Waals surface area contributed by atoms with Crippen LogP contribution in [0.1, 0.15) is 27.2 Å². The van der Waals surface area contributed by atoms with Gasteiger partial charge in [0.1, 0.15) is 10.5 Å². The Morgan fingerprint density at radius 1 is 1.10 bits per heavy atom. The van der Waals surface area contributed by atoms with Gasteiger partial charge in [0.2, 0.25) is 10.0 Å². The van der Waals surface area contributed by atoms with Crippen LogP contribution in [0.2, 0.25) is 0 Å². The van der Waals surface area contributed by atoms with Crippen molar-refractivity contribution < 1.29 is 39.5 Å². The number of anilines is 1. The van der Waals surface area contributed by atoms with E-state index in [0.717, 1.165) is 12.1 Å². The molecule has 1 amide bonds. The standard InChI is InChI=1S/C15H22F3N3O6S2/c1-14(2,3)27-13(22)21-8-4-7-20-11-6-5-10(29(19,25)26)9-12(11)28(23,24)15(16,17)18/h5-6,9,20H,4,7-8H2,1-3H3,(H,21,22)(H2,19,25,26). The molecule has 14 heteroatoms. The van der Waals surface area contributed by atoms with E-state index in [1.165, 1.54) is 0 Å². The highest BCUT2D eigenvalue weighted by atomic mass is 32.2. The van der Waals surface area contributed by atoms with E-state index < -0.39 is 52.5 Å². The number of primary sulfonamides is 1. The summed E-state index contributed by atoms with van der Waals surface area (Å²) < 4.78 is 90.1. The summed E-state index contributed by atoms with van der Waals surface area (Å²) in [5.74, 6) is 0. The first-order chi connectivity index (χ1) is 12.9. The minimum absolute atomic E-state index is 0.0229. The van der Waals surface area contributed by atoms with Crippen molar-refractivity contribution >= 4 is 31.6 Å². The van der Waals surface area contributed by atoms with Crippen LogP contribution in [0.15, 0.2) is 28.0 Å². The zero-order chi connectivity index (χ0) is 22.7. The Morgan fingerprint density at radius 3 is 2.17 bits per heavy atom. The molecule has 4 N–H and O–H groups in total. The predicted octanol–water partition coefficient (Wildman–Crippen LogP) is 1.95. The second-order valence-electron chi connectivity index (χ2n) is 6.86. The van der Waals surface area contributed by atoms with Crippen molar-refractivity contribution in [2.75, 3.05) is 18.4 Å². The van der Waals surface area contributed by atoms with Crippen LogP contribution in [0, 0.1) is 0 Å². The SMILES string of the molecule is CC(C)(C)OC(=O)NCCCNc1ccc(S(N)(=O)=O)cc1S(=O)(=O)C(F)(F)F. The summed E-state index contributed by atoms with van der Waals surface area (Å²) in [5.41, 5.74) is -6.79. The molecule has 0 radical (unpaired) electrons. The van der Waals surface area contributed by atoms with Gasteiger partial charge in [-0.15, -0.1) is 0 Å². The minimum Gasteiger partial charge on any atom is -0.444 e. The van der Waals surface area contributed by atoms with Gasteiger partial charge in [0.05, 0.1) is 10.6 Å².